The summed E-state index contributed by atoms with van der Waals surface area (Å²) in [5, 5.41) is 8.21. The van der Waals surface area contributed by atoms with Crippen LogP contribution in [0.1, 0.15) is 40.0 Å². The number of nitrogens with one attached hydrogen (secondary N) is 1. The molecule has 1 N–H and O–H groups in total. The Kier molecular flexibility index (Phi) is 7.01. The van der Waals surface area contributed by atoms with Crippen molar-refractivity contribution in [1.29, 1.82) is 0 Å². The summed E-state index contributed by atoms with van der Waals surface area (Å²) in [4.78, 5) is 28.5. The van der Waals surface area contributed by atoms with Crippen LogP contribution in [0.3, 0.4) is 0 Å². The monoisotopic (exact) mass is 558 g/mol. The van der Waals surface area contributed by atoms with Crippen LogP contribution in [-0.4, -0.2) is 30.7 Å². The fourth-order valence-corrected chi connectivity index (χ4v) is 6.43. The Morgan fingerprint density at radius 2 is 1.66 bits per heavy atom. The van der Waals surface area contributed by atoms with E-state index in [0.29, 0.717) is 28.2 Å². The van der Waals surface area contributed by atoms with Crippen LogP contribution in [0.15, 0.2) is 84.4 Å². The van der Waals surface area contributed by atoms with Crippen molar-refractivity contribution in [3.8, 4) is 0 Å². The van der Waals surface area contributed by atoms with Gasteiger partial charge in [0, 0.05) is 45.4 Å². The highest BCUT2D eigenvalue weighted by Gasteiger charge is 2.32. The third-order valence-electron chi connectivity index (χ3n) is 8.44. The second kappa shape index (κ2) is 10.6. The maximum Gasteiger partial charge on any atom is 0.190 e. The van der Waals surface area contributed by atoms with Gasteiger partial charge in [-0.2, -0.15) is 0 Å². The van der Waals surface area contributed by atoms with E-state index in [2.05, 4.69) is 53.4 Å². The first-order chi connectivity index (χ1) is 19.8. The fourth-order valence-electron chi connectivity index (χ4n) is 6.19. The third-order valence-corrected chi connectivity index (χ3v) is 8.77. The second-order valence-electron chi connectivity index (χ2n) is 11.1. The highest BCUT2D eigenvalue weighted by Crippen LogP contribution is 2.34. The number of aryl methyl sites for hydroxylation is 1. The van der Waals surface area contributed by atoms with Crippen molar-refractivity contribution >= 4 is 46.3 Å². The van der Waals surface area contributed by atoms with Gasteiger partial charge in [0.05, 0.1) is 6.04 Å². The number of fused-ring (bicyclic) bond motifs is 4. The summed E-state index contributed by atoms with van der Waals surface area (Å²) in [5.74, 6) is 1.79. The zero-order chi connectivity index (χ0) is 28.8. The Morgan fingerprint density at radius 3 is 2.37 bits per heavy atom. The minimum absolute atomic E-state index is 0.0585. The van der Waals surface area contributed by atoms with E-state index >= 15 is 0 Å². The summed E-state index contributed by atoms with van der Waals surface area (Å²) in [6, 6.07) is 25.7. The van der Waals surface area contributed by atoms with E-state index in [0.717, 1.165) is 48.9 Å². The van der Waals surface area contributed by atoms with Gasteiger partial charge in [0.25, 0.3) is 0 Å². The summed E-state index contributed by atoms with van der Waals surface area (Å²) in [6.45, 7) is 4.00. The van der Waals surface area contributed by atoms with Gasteiger partial charge in [0.2, 0.25) is 0 Å². The number of benzene rings is 4. The minimum atomic E-state index is -0.331. The molecule has 0 radical (unpaired) electrons. The number of para-hydroxylation sites is 1. The van der Waals surface area contributed by atoms with Crippen LogP contribution in [-0.2, 0) is 11.2 Å². The average Bonchev–Trinajstić information content (AvgIpc) is 2.97. The molecule has 0 fully saturated rings. The largest absolute Gasteiger partial charge is 0.355 e. The molecule has 2 atom stereocenters. The highest BCUT2D eigenvalue weighted by molar-refractivity contribution is 6.30. The lowest BCUT2D eigenvalue weighted by molar-refractivity contribution is 0.104. The highest BCUT2D eigenvalue weighted by atomic mass is 35.5. The number of Topliss-reactive ketones (excluding diaryl/α,β-unsaturated/α-hetero) is 1. The van der Waals surface area contributed by atoms with Crippen molar-refractivity contribution in [2.75, 3.05) is 19.4 Å². The molecule has 0 aliphatic heterocycles. The van der Waals surface area contributed by atoms with Crippen molar-refractivity contribution in [2.45, 2.75) is 26.3 Å². The first-order valence-electron chi connectivity index (χ1n) is 13.8. The number of rotatable bonds is 5. The molecule has 2 unspecified atom stereocenters. The zero-order valence-corrected chi connectivity index (χ0v) is 24.3. The van der Waals surface area contributed by atoms with Crippen molar-refractivity contribution in [2.24, 2.45) is 5.92 Å². The molecule has 6 rings (SSSR count). The maximum atomic E-state index is 14.1. The number of hydrogen-bond donors (Lipinski definition) is 1. The van der Waals surface area contributed by atoms with Gasteiger partial charge >= 0.3 is 0 Å². The van der Waals surface area contributed by atoms with Crippen molar-refractivity contribution < 1.29 is 9.59 Å². The molecular formula is C36H31ClN2O2. The van der Waals surface area contributed by atoms with E-state index in [4.69, 9.17) is 11.6 Å². The van der Waals surface area contributed by atoms with Gasteiger partial charge in [-0.1, -0.05) is 67.1 Å². The molecule has 0 saturated heterocycles. The molecule has 0 amide bonds. The Labute approximate surface area is 244 Å². The molecule has 0 aromatic heterocycles. The molecule has 204 valence electrons. The molecule has 5 heteroatoms. The fraction of sp³-hybridized carbons (Fsp3) is 0.194. The van der Waals surface area contributed by atoms with E-state index in [-0.39, 0.29) is 17.7 Å². The SMILES string of the molecule is Cc1ccccc1Nc1ccc(C(=O)C2=c3ccc4c(c3CC(=C=O)C2C)C(N(C)C)C=c2c(Cl)cccc2=4)cc1. The minimum Gasteiger partial charge on any atom is -0.355 e. The predicted molar refractivity (Wildman–Crippen MR) is 166 cm³/mol. The Hall–Kier alpha value is -4.21. The summed E-state index contributed by atoms with van der Waals surface area (Å²) >= 11 is 6.62. The van der Waals surface area contributed by atoms with Gasteiger partial charge in [-0.25, -0.2) is 4.79 Å². The van der Waals surface area contributed by atoms with Crippen LogP contribution >= 0.6 is 11.6 Å². The maximum absolute atomic E-state index is 14.1. The quantitative estimate of drug-likeness (QED) is 0.239. The lowest BCUT2D eigenvalue weighted by atomic mass is 9.75. The standard InChI is InChI=1S/C36H31ClN2O2/c1-21-8-5-6-11-32(21)38-25-14-12-23(13-15-25)36(41)34-22(2)24(20-40)18-30-28(34)17-16-27-26-9-7-10-31(37)29(26)19-33(35(27)30)39(3)4/h5-17,19,22,33,38H,18H2,1-4H3. The molecule has 4 aromatic carbocycles. The number of halogens is 1. The molecule has 4 aromatic rings. The molecule has 41 heavy (non-hydrogen) atoms. The number of nitrogens with zero attached hydrogens (tertiary/aromatic N) is 1. The number of anilines is 2. The first kappa shape index (κ1) is 27.0. The van der Waals surface area contributed by atoms with Crippen molar-refractivity contribution in [3.63, 3.8) is 0 Å². The van der Waals surface area contributed by atoms with Gasteiger partial charge in [-0.15, -0.1) is 0 Å². The number of ketones is 1. The number of hydrogen-bond acceptors (Lipinski definition) is 4. The smallest absolute Gasteiger partial charge is 0.190 e. The van der Waals surface area contributed by atoms with Crippen LogP contribution in [0.2, 0.25) is 5.02 Å². The van der Waals surface area contributed by atoms with Gasteiger partial charge in [0.15, 0.2) is 5.78 Å². The van der Waals surface area contributed by atoms with E-state index in [1.807, 2.05) is 75.6 Å². The van der Waals surface area contributed by atoms with E-state index in [9.17, 15) is 9.59 Å². The van der Waals surface area contributed by atoms with Gasteiger partial charge in [-0.3, -0.25) is 9.69 Å². The average molecular weight is 559 g/mol. The van der Waals surface area contributed by atoms with Gasteiger partial charge < -0.3 is 5.32 Å². The Morgan fingerprint density at radius 1 is 0.927 bits per heavy atom. The van der Waals surface area contributed by atoms with E-state index < -0.39 is 0 Å². The Bertz CT molecular complexity index is 1990. The topological polar surface area (TPSA) is 49.4 Å². The first-order valence-corrected chi connectivity index (χ1v) is 14.2. The van der Waals surface area contributed by atoms with Crippen LogP contribution in [0.4, 0.5) is 11.4 Å². The van der Waals surface area contributed by atoms with Crippen molar-refractivity contribution in [3.05, 3.63) is 133 Å². The molecule has 2 aliphatic rings. The molecule has 0 spiro atoms. The summed E-state index contributed by atoms with van der Waals surface area (Å²) in [5.41, 5.74) is 7.03. The van der Waals surface area contributed by atoms with Crippen LogP contribution in [0, 0.1) is 23.3 Å². The van der Waals surface area contributed by atoms with Gasteiger partial charge in [-0.05, 0) is 95.0 Å². The van der Waals surface area contributed by atoms with Gasteiger partial charge in [0.1, 0.15) is 5.94 Å². The molecule has 2 aliphatic carbocycles. The molecular weight excluding hydrogens is 528 g/mol. The normalized spacial score (nSPS) is 17.2. The van der Waals surface area contributed by atoms with Crippen LogP contribution < -0.4 is 15.8 Å². The third kappa shape index (κ3) is 4.65. The lowest BCUT2D eigenvalue weighted by Gasteiger charge is -2.31. The second-order valence-corrected chi connectivity index (χ2v) is 11.5. The summed E-state index contributed by atoms with van der Waals surface area (Å²) in [7, 11) is 4.08. The summed E-state index contributed by atoms with van der Waals surface area (Å²) < 4.78 is 0. The molecule has 0 bridgehead atoms. The van der Waals surface area contributed by atoms with Crippen molar-refractivity contribution in [1.82, 2.24) is 4.90 Å². The predicted octanol–water partition coefficient (Wildman–Crippen LogP) is 6.06. The number of carbonyl (C=O) groups excluding carboxylic acids is 2. The van der Waals surface area contributed by atoms with Crippen LogP contribution in [0.5, 0.6) is 0 Å². The van der Waals surface area contributed by atoms with Crippen LogP contribution in [0.25, 0.3) is 11.6 Å². The molecule has 4 nitrogen and oxygen atoms in total. The zero-order valence-electron chi connectivity index (χ0n) is 23.6. The van der Waals surface area contributed by atoms with E-state index in [1.165, 1.54) is 0 Å². The Balaban J connectivity index is 1.53. The number of carbonyl (C=O) groups is 1. The lowest BCUT2D eigenvalue weighted by Crippen LogP contribution is -2.34. The molecule has 0 saturated carbocycles. The summed E-state index contributed by atoms with van der Waals surface area (Å²) in [6.07, 6.45) is 2.65. The molecule has 0 heterocycles. The number of allylic oxidation sites excluding steroid dienone is 1. The van der Waals surface area contributed by atoms with E-state index in [1.54, 1.807) is 0 Å².